The van der Waals surface area contributed by atoms with Gasteiger partial charge in [0.05, 0.1) is 0 Å². The molecule has 1 saturated heterocycles. The van der Waals surface area contributed by atoms with E-state index in [2.05, 4.69) is 25.9 Å². The number of nitrogens with zero attached hydrogens (tertiary/aromatic N) is 2. The lowest BCUT2D eigenvalue weighted by Gasteiger charge is -2.23. The maximum atomic E-state index is 11.6. The highest BCUT2D eigenvalue weighted by Crippen LogP contribution is 2.16. The summed E-state index contributed by atoms with van der Waals surface area (Å²) in [5, 5.41) is 8.17. The van der Waals surface area contributed by atoms with Gasteiger partial charge in [0.2, 0.25) is 17.8 Å². The molecule has 2 rings (SSSR count). The minimum Gasteiger partial charge on any atom is -0.358 e. The number of hydrogen-bond acceptors (Lipinski definition) is 6. The van der Waals surface area contributed by atoms with Crippen LogP contribution in [0.3, 0.4) is 0 Å². The summed E-state index contributed by atoms with van der Waals surface area (Å²) in [6, 6.07) is -0.430. The Morgan fingerprint density at radius 1 is 1.44 bits per heavy atom. The summed E-state index contributed by atoms with van der Waals surface area (Å²) in [4.78, 5) is 31.0. The van der Waals surface area contributed by atoms with Gasteiger partial charge < -0.3 is 10.6 Å². The number of hydrogen-bond donors (Lipinski definition) is 3. The highest BCUT2D eigenvalue weighted by molar-refractivity contribution is 6.01. The number of piperidine rings is 1. The van der Waals surface area contributed by atoms with E-state index in [4.69, 9.17) is 0 Å². The van der Waals surface area contributed by atoms with E-state index in [1.54, 1.807) is 13.2 Å². The number of rotatable bonds is 3. The summed E-state index contributed by atoms with van der Waals surface area (Å²) in [6.45, 7) is 1.85. The van der Waals surface area contributed by atoms with Crippen molar-refractivity contribution in [2.75, 3.05) is 17.7 Å². The van der Waals surface area contributed by atoms with Crippen LogP contribution in [0.25, 0.3) is 0 Å². The van der Waals surface area contributed by atoms with E-state index in [1.807, 2.05) is 6.92 Å². The van der Waals surface area contributed by atoms with E-state index in [1.165, 1.54) is 0 Å². The molecule has 0 aromatic carbocycles. The van der Waals surface area contributed by atoms with Crippen molar-refractivity contribution < 1.29 is 9.59 Å². The first-order valence-corrected chi connectivity index (χ1v) is 5.72. The van der Waals surface area contributed by atoms with Crippen LogP contribution in [0, 0.1) is 6.92 Å². The second kappa shape index (κ2) is 4.99. The zero-order chi connectivity index (χ0) is 13.1. The molecular weight excluding hydrogens is 234 g/mol. The number of amides is 2. The van der Waals surface area contributed by atoms with Crippen molar-refractivity contribution in [2.24, 2.45) is 0 Å². The third kappa shape index (κ3) is 2.55. The molecule has 1 fully saturated rings. The molecule has 1 aliphatic rings. The van der Waals surface area contributed by atoms with E-state index >= 15 is 0 Å². The molecule has 0 saturated carbocycles. The number of aromatic nitrogens is 2. The number of anilines is 2. The standard InChI is InChI=1S/C11H15N5O2/c1-6-5-13-11(12-2)16-9(6)14-7-3-4-8(17)15-10(7)18/h5,7H,3-4H2,1-2H3,(H,15,17,18)(H2,12,13,14,16). The van der Waals surface area contributed by atoms with Gasteiger partial charge in [-0.25, -0.2) is 4.98 Å². The fraction of sp³-hybridized carbons (Fsp3) is 0.455. The van der Waals surface area contributed by atoms with Crippen molar-refractivity contribution in [3.05, 3.63) is 11.8 Å². The molecule has 1 atom stereocenters. The molecule has 2 heterocycles. The molecule has 3 N–H and O–H groups in total. The Hall–Kier alpha value is -2.18. The van der Waals surface area contributed by atoms with Crippen LogP contribution in [0.5, 0.6) is 0 Å². The van der Waals surface area contributed by atoms with Crippen molar-refractivity contribution >= 4 is 23.6 Å². The van der Waals surface area contributed by atoms with Gasteiger partial charge in [0, 0.05) is 25.2 Å². The number of imide groups is 1. The fourth-order valence-corrected chi connectivity index (χ4v) is 1.70. The monoisotopic (exact) mass is 249 g/mol. The minimum absolute atomic E-state index is 0.228. The Morgan fingerprint density at radius 2 is 2.22 bits per heavy atom. The average molecular weight is 249 g/mol. The van der Waals surface area contributed by atoms with Crippen LogP contribution in [0.4, 0.5) is 11.8 Å². The number of aryl methyl sites for hydroxylation is 1. The summed E-state index contributed by atoms with van der Waals surface area (Å²) in [7, 11) is 1.72. The lowest BCUT2D eigenvalue weighted by molar-refractivity contribution is -0.133. The zero-order valence-corrected chi connectivity index (χ0v) is 10.3. The molecule has 7 heteroatoms. The molecule has 0 spiro atoms. The number of carbonyl (C=O) groups excluding carboxylic acids is 2. The number of carbonyl (C=O) groups is 2. The third-order valence-corrected chi connectivity index (χ3v) is 2.75. The first kappa shape index (κ1) is 12.3. The van der Waals surface area contributed by atoms with Crippen LogP contribution >= 0.6 is 0 Å². The van der Waals surface area contributed by atoms with Crippen molar-refractivity contribution in [2.45, 2.75) is 25.8 Å². The summed E-state index contributed by atoms with van der Waals surface area (Å²) in [5.74, 6) is 0.544. The second-order valence-corrected chi connectivity index (χ2v) is 4.12. The lowest BCUT2D eigenvalue weighted by Crippen LogP contribution is -2.47. The van der Waals surface area contributed by atoms with Gasteiger partial charge in [-0.05, 0) is 13.3 Å². The predicted molar refractivity (Wildman–Crippen MR) is 66.1 cm³/mol. The van der Waals surface area contributed by atoms with Crippen molar-refractivity contribution in [1.29, 1.82) is 0 Å². The zero-order valence-electron chi connectivity index (χ0n) is 10.3. The molecular formula is C11H15N5O2. The minimum atomic E-state index is -0.430. The van der Waals surface area contributed by atoms with E-state index in [-0.39, 0.29) is 11.8 Å². The Morgan fingerprint density at radius 3 is 2.89 bits per heavy atom. The third-order valence-electron chi connectivity index (χ3n) is 2.75. The van der Waals surface area contributed by atoms with Gasteiger partial charge in [-0.15, -0.1) is 0 Å². The maximum absolute atomic E-state index is 11.6. The molecule has 0 radical (unpaired) electrons. The fourth-order valence-electron chi connectivity index (χ4n) is 1.70. The molecule has 1 aromatic rings. The van der Waals surface area contributed by atoms with Crippen LogP contribution in [-0.4, -0.2) is 34.9 Å². The molecule has 0 aliphatic carbocycles. The Labute approximate surface area is 104 Å². The second-order valence-electron chi connectivity index (χ2n) is 4.12. The average Bonchev–Trinajstić information content (AvgIpc) is 2.35. The van der Waals surface area contributed by atoms with Crippen LogP contribution in [0.15, 0.2) is 6.20 Å². The molecule has 1 aromatic heterocycles. The van der Waals surface area contributed by atoms with Crippen molar-refractivity contribution in [3.63, 3.8) is 0 Å². The first-order valence-electron chi connectivity index (χ1n) is 5.72. The van der Waals surface area contributed by atoms with Gasteiger partial charge >= 0.3 is 0 Å². The van der Waals surface area contributed by atoms with Crippen LogP contribution < -0.4 is 16.0 Å². The van der Waals surface area contributed by atoms with E-state index in [9.17, 15) is 9.59 Å². The van der Waals surface area contributed by atoms with E-state index < -0.39 is 6.04 Å². The molecule has 0 bridgehead atoms. The Balaban J connectivity index is 2.13. The molecule has 2 amide bonds. The summed E-state index contributed by atoms with van der Waals surface area (Å²) < 4.78 is 0. The largest absolute Gasteiger partial charge is 0.358 e. The van der Waals surface area contributed by atoms with Gasteiger partial charge in [-0.1, -0.05) is 0 Å². The first-order chi connectivity index (χ1) is 8.60. The van der Waals surface area contributed by atoms with Crippen LogP contribution in [0.2, 0.25) is 0 Å². The quantitative estimate of drug-likeness (QED) is 0.655. The molecule has 1 unspecified atom stereocenters. The topological polar surface area (TPSA) is 96.0 Å². The van der Waals surface area contributed by atoms with Crippen LogP contribution in [0.1, 0.15) is 18.4 Å². The van der Waals surface area contributed by atoms with Gasteiger partial charge in [0.1, 0.15) is 11.9 Å². The summed E-state index contributed by atoms with van der Waals surface area (Å²) in [6.07, 6.45) is 2.49. The molecule has 18 heavy (non-hydrogen) atoms. The normalized spacial score (nSPS) is 19.3. The summed E-state index contributed by atoms with van der Waals surface area (Å²) >= 11 is 0. The van der Waals surface area contributed by atoms with Gasteiger partial charge in [0.25, 0.3) is 0 Å². The van der Waals surface area contributed by atoms with E-state index in [0.29, 0.717) is 24.6 Å². The summed E-state index contributed by atoms with van der Waals surface area (Å²) in [5.41, 5.74) is 0.846. The van der Waals surface area contributed by atoms with Gasteiger partial charge in [-0.3, -0.25) is 14.9 Å². The Kier molecular flexibility index (Phi) is 3.40. The van der Waals surface area contributed by atoms with Crippen molar-refractivity contribution in [1.82, 2.24) is 15.3 Å². The molecule has 7 nitrogen and oxygen atoms in total. The van der Waals surface area contributed by atoms with E-state index in [0.717, 1.165) is 5.56 Å². The highest BCUT2D eigenvalue weighted by atomic mass is 16.2. The predicted octanol–water partition coefficient (Wildman–Crippen LogP) is 0.0438. The molecule has 96 valence electrons. The van der Waals surface area contributed by atoms with Crippen molar-refractivity contribution in [3.8, 4) is 0 Å². The Bertz CT molecular complexity index is 488. The lowest BCUT2D eigenvalue weighted by atomic mass is 10.1. The van der Waals surface area contributed by atoms with Crippen LogP contribution in [-0.2, 0) is 9.59 Å². The highest BCUT2D eigenvalue weighted by Gasteiger charge is 2.27. The van der Waals surface area contributed by atoms with Gasteiger partial charge in [-0.2, -0.15) is 4.98 Å². The SMILES string of the molecule is CNc1ncc(C)c(NC2CCC(=O)NC2=O)n1. The number of nitrogens with one attached hydrogen (secondary N) is 3. The molecule has 1 aliphatic heterocycles. The maximum Gasteiger partial charge on any atom is 0.249 e. The van der Waals surface area contributed by atoms with Gasteiger partial charge in [0.15, 0.2) is 0 Å². The smallest absolute Gasteiger partial charge is 0.249 e.